The van der Waals surface area contributed by atoms with Gasteiger partial charge in [0.2, 0.25) is 0 Å². The molecular formula is C10H19NO. The van der Waals surface area contributed by atoms with Crippen molar-refractivity contribution in [1.82, 2.24) is 4.90 Å². The largest absolute Gasteiger partial charge is 0.298 e. The predicted molar refractivity (Wildman–Crippen MR) is 50.2 cm³/mol. The van der Waals surface area contributed by atoms with E-state index in [9.17, 15) is 4.79 Å². The topological polar surface area (TPSA) is 20.3 Å². The standard InChI is InChI=1S/C10H19NO/c1-8(2)11-7-5-4-6-10(11)9(3)12/h8,10H,4-7H2,1-3H3/t10-/m0/s1. The molecule has 0 aromatic carbocycles. The fourth-order valence-electron chi connectivity index (χ4n) is 2.01. The second-order valence-corrected chi connectivity index (χ2v) is 3.95. The van der Waals surface area contributed by atoms with E-state index in [4.69, 9.17) is 0 Å². The Labute approximate surface area is 74.9 Å². The van der Waals surface area contributed by atoms with Crippen LogP contribution in [0.15, 0.2) is 0 Å². The minimum absolute atomic E-state index is 0.207. The van der Waals surface area contributed by atoms with Gasteiger partial charge < -0.3 is 0 Å². The molecule has 12 heavy (non-hydrogen) atoms. The van der Waals surface area contributed by atoms with Gasteiger partial charge in [-0.2, -0.15) is 0 Å². The van der Waals surface area contributed by atoms with Gasteiger partial charge in [0.1, 0.15) is 5.78 Å². The molecule has 2 heteroatoms. The lowest BCUT2D eigenvalue weighted by molar-refractivity contribution is -0.124. The highest BCUT2D eigenvalue weighted by molar-refractivity contribution is 5.81. The molecular weight excluding hydrogens is 150 g/mol. The molecule has 0 radical (unpaired) electrons. The second-order valence-electron chi connectivity index (χ2n) is 3.95. The molecule has 1 saturated heterocycles. The molecule has 0 aliphatic carbocycles. The normalized spacial score (nSPS) is 26.2. The van der Waals surface area contributed by atoms with E-state index in [2.05, 4.69) is 18.7 Å². The van der Waals surface area contributed by atoms with E-state index in [0.29, 0.717) is 11.8 Å². The van der Waals surface area contributed by atoms with Crippen LogP contribution in [0.1, 0.15) is 40.0 Å². The van der Waals surface area contributed by atoms with Gasteiger partial charge in [0.15, 0.2) is 0 Å². The van der Waals surface area contributed by atoms with Crippen molar-refractivity contribution in [1.29, 1.82) is 0 Å². The van der Waals surface area contributed by atoms with Gasteiger partial charge in [-0.15, -0.1) is 0 Å². The van der Waals surface area contributed by atoms with Crippen molar-refractivity contribution in [3.8, 4) is 0 Å². The number of nitrogens with zero attached hydrogens (tertiary/aromatic N) is 1. The molecule has 0 spiro atoms. The Balaban J connectivity index is 2.60. The first-order valence-corrected chi connectivity index (χ1v) is 4.89. The molecule has 70 valence electrons. The van der Waals surface area contributed by atoms with Crippen molar-refractivity contribution in [2.24, 2.45) is 0 Å². The van der Waals surface area contributed by atoms with Crippen LogP contribution in [0.3, 0.4) is 0 Å². The summed E-state index contributed by atoms with van der Waals surface area (Å²) in [5.74, 6) is 0.336. The van der Waals surface area contributed by atoms with E-state index < -0.39 is 0 Å². The number of likely N-dealkylation sites (tertiary alicyclic amines) is 1. The molecule has 1 heterocycles. The Kier molecular flexibility index (Phi) is 3.27. The maximum absolute atomic E-state index is 11.3. The SMILES string of the molecule is CC(=O)[C@@H]1CCCCN1C(C)C. The first-order valence-electron chi connectivity index (χ1n) is 4.89. The number of piperidine rings is 1. The molecule has 0 aromatic rings. The van der Waals surface area contributed by atoms with Crippen LogP contribution < -0.4 is 0 Å². The number of hydrogen-bond acceptors (Lipinski definition) is 2. The van der Waals surface area contributed by atoms with E-state index >= 15 is 0 Å². The zero-order valence-corrected chi connectivity index (χ0v) is 8.34. The van der Waals surface area contributed by atoms with Crippen LogP contribution in [0, 0.1) is 0 Å². The van der Waals surface area contributed by atoms with Crippen LogP contribution in [0.4, 0.5) is 0 Å². The fraction of sp³-hybridized carbons (Fsp3) is 0.900. The minimum atomic E-state index is 0.207. The molecule has 0 saturated carbocycles. The highest BCUT2D eigenvalue weighted by Crippen LogP contribution is 2.19. The Hall–Kier alpha value is -0.370. The zero-order valence-electron chi connectivity index (χ0n) is 8.34. The molecule has 0 aromatic heterocycles. The summed E-state index contributed by atoms with van der Waals surface area (Å²) in [7, 11) is 0. The number of carbonyl (C=O) groups excluding carboxylic acids is 1. The summed E-state index contributed by atoms with van der Waals surface area (Å²) in [6, 6.07) is 0.720. The minimum Gasteiger partial charge on any atom is -0.298 e. The van der Waals surface area contributed by atoms with E-state index in [-0.39, 0.29) is 6.04 Å². The first-order chi connectivity index (χ1) is 5.63. The van der Waals surface area contributed by atoms with Gasteiger partial charge >= 0.3 is 0 Å². The molecule has 0 bridgehead atoms. The van der Waals surface area contributed by atoms with Crippen LogP contribution in [-0.2, 0) is 4.79 Å². The third-order valence-corrected chi connectivity index (χ3v) is 2.68. The number of Topliss-reactive ketones (excluding diaryl/α,β-unsaturated/α-hetero) is 1. The Morgan fingerprint density at radius 2 is 2.08 bits per heavy atom. The lowest BCUT2D eigenvalue weighted by Gasteiger charge is -2.37. The summed E-state index contributed by atoms with van der Waals surface area (Å²) < 4.78 is 0. The summed E-state index contributed by atoms with van der Waals surface area (Å²) >= 11 is 0. The van der Waals surface area contributed by atoms with Crippen molar-refractivity contribution in [3.05, 3.63) is 0 Å². The Morgan fingerprint density at radius 3 is 2.50 bits per heavy atom. The number of hydrogen-bond donors (Lipinski definition) is 0. The molecule has 1 rings (SSSR count). The lowest BCUT2D eigenvalue weighted by Crippen LogP contribution is -2.47. The highest BCUT2D eigenvalue weighted by atomic mass is 16.1. The summed E-state index contributed by atoms with van der Waals surface area (Å²) in [6.45, 7) is 7.15. The van der Waals surface area contributed by atoms with Crippen LogP contribution >= 0.6 is 0 Å². The molecule has 1 atom stereocenters. The Morgan fingerprint density at radius 1 is 1.42 bits per heavy atom. The molecule has 1 aliphatic heterocycles. The van der Waals surface area contributed by atoms with Crippen molar-refractivity contribution in [3.63, 3.8) is 0 Å². The number of ketones is 1. The van der Waals surface area contributed by atoms with E-state index in [0.717, 1.165) is 13.0 Å². The monoisotopic (exact) mass is 169 g/mol. The maximum Gasteiger partial charge on any atom is 0.146 e. The van der Waals surface area contributed by atoms with Crippen LogP contribution in [0.25, 0.3) is 0 Å². The summed E-state index contributed by atoms with van der Waals surface area (Å²) in [4.78, 5) is 13.6. The second kappa shape index (κ2) is 4.04. The molecule has 1 fully saturated rings. The molecule has 1 aliphatic rings. The summed E-state index contributed by atoms with van der Waals surface area (Å²) in [6.07, 6.45) is 3.53. The van der Waals surface area contributed by atoms with Gasteiger partial charge in [0, 0.05) is 6.04 Å². The van der Waals surface area contributed by atoms with E-state index in [1.54, 1.807) is 6.92 Å². The first kappa shape index (κ1) is 9.72. The van der Waals surface area contributed by atoms with Gasteiger partial charge in [-0.3, -0.25) is 9.69 Å². The van der Waals surface area contributed by atoms with Crippen molar-refractivity contribution in [2.75, 3.05) is 6.54 Å². The third kappa shape index (κ3) is 2.07. The molecule has 2 nitrogen and oxygen atoms in total. The predicted octanol–water partition coefficient (Wildman–Crippen LogP) is 1.84. The average Bonchev–Trinajstić information content (AvgIpc) is 2.04. The van der Waals surface area contributed by atoms with Crippen molar-refractivity contribution < 1.29 is 4.79 Å². The Bertz CT molecular complexity index is 165. The maximum atomic E-state index is 11.3. The lowest BCUT2D eigenvalue weighted by atomic mass is 9.98. The highest BCUT2D eigenvalue weighted by Gasteiger charge is 2.27. The molecule has 0 N–H and O–H groups in total. The van der Waals surface area contributed by atoms with Gasteiger partial charge in [-0.05, 0) is 40.2 Å². The molecule has 0 amide bonds. The number of rotatable bonds is 2. The fourth-order valence-corrected chi connectivity index (χ4v) is 2.01. The third-order valence-electron chi connectivity index (χ3n) is 2.68. The van der Waals surface area contributed by atoms with Gasteiger partial charge in [-0.25, -0.2) is 0 Å². The smallest absolute Gasteiger partial charge is 0.146 e. The average molecular weight is 169 g/mol. The van der Waals surface area contributed by atoms with Crippen LogP contribution in [0.5, 0.6) is 0 Å². The van der Waals surface area contributed by atoms with Crippen molar-refractivity contribution in [2.45, 2.75) is 52.1 Å². The van der Waals surface area contributed by atoms with Gasteiger partial charge in [0.25, 0.3) is 0 Å². The molecule has 0 unspecified atom stereocenters. The van der Waals surface area contributed by atoms with Crippen molar-refractivity contribution >= 4 is 5.78 Å². The summed E-state index contributed by atoms with van der Waals surface area (Å²) in [5, 5.41) is 0. The van der Waals surface area contributed by atoms with E-state index in [1.165, 1.54) is 12.8 Å². The van der Waals surface area contributed by atoms with Crippen LogP contribution in [-0.4, -0.2) is 29.3 Å². The van der Waals surface area contributed by atoms with E-state index in [1.807, 2.05) is 0 Å². The zero-order chi connectivity index (χ0) is 9.14. The quantitative estimate of drug-likeness (QED) is 0.628. The van der Waals surface area contributed by atoms with Gasteiger partial charge in [-0.1, -0.05) is 6.42 Å². The number of carbonyl (C=O) groups is 1. The van der Waals surface area contributed by atoms with Gasteiger partial charge in [0.05, 0.1) is 6.04 Å². The summed E-state index contributed by atoms with van der Waals surface area (Å²) in [5.41, 5.74) is 0. The van der Waals surface area contributed by atoms with Crippen LogP contribution in [0.2, 0.25) is 0 Å².